The molecule has 154 valence electrons. The van der Waals surface area contributed by atoms with E-state index in [2.05, 4.69) is 15.4 Å². The van der Waals surface area contributed by atoms with E-state index in [1.807, 2.05) is 31.2 Å². The number of para-hydroxylation sites is 1. The molecule has 0 unspecified atom stereocenters. The first-order valence-electron chi connectivity index (χ1n) is 9.12. The summed E-state index contributed by atoms with van der Waals surface area (Å²) in [5.74, 6) is -0.757. The molecule has 0 aliphatic heterocycles. The average Bonchev–Trinajstić information content (AvgIpc) is 3.15. The smallest absolute Gasteiger partial charge is 0.305 e. The molecule has 0 aliphatic rings. The number of fused-ring (bicyclic) bond motifs is 1. The van der Waals surface area contributed by atoms with Crippen molar-refractivity contribution in [1.82, 2.24) is 14.8 Å². The molecule has 2 aromatic heterocycles. The summed E-state index contributed by atoms with van der Waals surface area (Å²) < 4.78 is 41.2. The van der Waals surface area contributed by atoms with Crippen LogP contribution in [0.5, 0.6) is 0 Å². The Morgan fingerprint density at radius 3 is 2.58 bits per heavy atom. The molecule has 0 atom stereocenters. The van der Waals surface area contributed by atoms with E-state index in [9.17, 15) is 23.2 Å². The molecule has 0 radical (unpaired) electrons. The fraction of sp³-hybridized carbons (Fsp3) is 0.0909. The number of anilines is 1. The Kier molecular flexibility index (Phi) is 4.91. The number of benzene rings is 2. The van der Waals surface area contributed by atoms with Gasteiger partial charge in [0, 0.05) is 5.39 Å². The van der Waals surface area contributed by atoms with Gasteiger partial charge < -0.3 is 5.32 Å². The number of alkyl halides is 3. The highest BCUT2D eigenvalue weighted by Crippen LogP contribution is 2.32. The van der Waals surface area contributed by atoms with E-state index in [4.69, 9.17) is 0 Å². The molecule has 4 aromatic rings. The number of rotatable bonds is 3. The van der Waals surface area contributed by atoms with Gasteiger partial charge in [-0.15, -0.1) is 0 Å². The van der Waals surface area contributed by atoms with Gasteiger partial charge in [-0.2, -0.15) is 28.2 Å². The van der Waals surface area contributed by atoms with Crippen molar-refractivity contribution in [3.63, 3.8) is 0 Å². The number of halogens is 3. The highest BCUT2D eigenvalue weighted by atomic mass is 19.4. The van der Waals surface area contributed by atoms with E-state index in [1.54, 1.807) is 12.1 Å². The van der Waals surface area contributed by atoms with E-state index in [0.29, 0.717) is 11.3 Å². The first kappa shape index (κ1) is 20.1. The van der Waals surface area contributed by atoms with Crippen molar-refractivity contribution < 1.29 is 18.0 Å². The Bertz CT molecular complexity index is 1350. The second-order valence-electron chi connectivity index (χ2n) is 6.74. The molecule has 0 aliphatic carbocycles. The van der Waals surface area contributed by atoms with Crippen LogP contribution in [0.25, 0.3) is 16.7 Å². The highest BCUT2D eigenvalue weighted by Gasteiger charge is 2.35. The number of nitrogens with one attached hydrogen (secondary N) is 1. The van der Waals surface area contributed by atoms with Gasteiger partial charge in [0.05, 0.1) is 22.8 Å². The van der Waals surface area contributed by atoms with Gasteiger partial charge in [-0.1, -0.05) is 30.3 Å². The topological polar surface area (TPSA) is 83.6 Å². The first-order valence-corrected chi connectivity index (χ1v) is 9.12. The van der Waals surface area contributed by atoms with Crippen molar-refractivity contribution in [3.05, 3.63) is 83.0 Å². The summed E-state index contributed by atoms with van der Waals surface area (Å²) in [6.45, 7) is 1.88. The molecule has 6 nitrogen and oxygen atoms in total. The first-order chi connectivity index (χ1) is 14.8. The fourth-order valence-corrected chi connectivity index (χ4v) is 3.27. The maximum atomic E-state index is 13.3. The van der Waals surface area contributed by atoms with Gasteiger partial charge in [0.1, 0.15) is 11.6 Å². The second-order valence-corrected chi connectivity index (χ2v) is 6.74. The number of hydrogen-bond donors (Lipinski definition) is 1. The van der Waals surface area contributed by atoms with Crippen molar-refractivity contribution in [2.75, 3.05) is 5.32 Å². The third-order valence-electron chi connectivity index (χ3n) is 4.73. The zero-order valence-electron chi connectivity index (χ0n) is 16.1. The van der Waals surface area contributed by atoms with Crippen molar-refractivity contribution in [3.8, 4) is 11.9 Å². The molecule has 9 heteroatoms. The molecule has 0 fully saturated rings. The van der Waals surface area contributed by atoms with Crippen molar-refractivity contribution in [2.45, 2.75) is 13.1 Å². The number of hydrogen-bond acceptors (Lipinski definition) is 4. The van der Waals surface area contributed by atoms with Crippen molar-refractivity contribution in [1.29, 1.82) is 5.26 Å². The predicted octanol–water partition coefficient (Wildman–Crippen LogP) is 4.87. The summed E-state index contributed by atoms with van der Waals surface area (Å²) in [5.41, 5.74) is -0.0861. The van der Waals surface area contributed by atoms with Crippen LogP contribution in [0.4, 0.5) is 19.0 Å². The summed E-state index contributed by atoms with van der Waals surface area (Å²) in [6.07, 6.45) is -3.49. The summed E-state index contributed by atoms with van der Waals surface area (Å²) >= 11 is 0. The van der Waals surface area contributed by atoms with Crippen LogP contribution in [-0.2, 0) is 6.18 Å². The van der Waals surface area contributed by atoms with Crippen molar-refractivity contribution >= 4 is 22.6 Å². The lowest BCUT2D eigenvalue weighted by molar-refractivity contribution is -0.137. The number of carbonyl (C=O) groups is 1. The van der Waals surface area contributed by atoms with E-state index >= 15 is 0 Å². The van der Waals surface area contributed by atoms with Crippen LogP contribution in [0.3, 0.4) is 0 Å². The van der Waals surface area contributed by atoms with Crippen LogP contribution < -0.4 is 5.32 Å². The highest BCUT2D eigenvalue weighted by molar-refractivity contribution is 6.05. The zero-order chi connectivity index (χ0) is 22.2. The third-order valence-corrected chi connectivity index (χ3v) is 4.73. The van der Waals surface area contributed by atoms with Crippen LogP contribution in [0, 0.1) is 18.3 Å². The van der Waals surface area contributed by atoms with Gasteiger partial charge in [-0.25, -0.2) is 4.98 Å². The van der Waals surface area contributed by atoms with Crippen molar-refractivity contribution in [2.24, 2.45) is 0 Å². The van der Waals surface area contributed by atoms with Gasteiger partial charge in [0.2, 0.25) is 0 Å². The molecule has 4 rings (SSSR count). The number of carbonyl (C=O) groups excluding carboxylic acids is 1. The Hall–Kier alpha value is -4.19. The molecule has 1 amide bonds. The minimum Gasteiger partial charge on any atom is -0.305 e. The van der Waals surface area contributed by atoms with Gasteiger partial charge >= 0.3 is 6.18 Å². The Morgan fingerprint density at radius 1 is 1.13 bits per heavy atom. The SMILES string of the molecule is Cc1cc(-n2ncc(C#N)c2NC(=O)c2ccccc2C(F)(F)F)nc2ccccc12. The predicted molar refractivity (Wildman–Crippen MR) is 108 cm³/mol. The molecule has 0 spiro atoms. The van der Waals surface area contributed by atoms with Crippen LogP contribution in [-0.4, -0.2) is 20.7 Å². The monoisotopic (exact) mass is 421 g/mol. The van der Waals surface area contributed by atoms with Crippen LogP contribution in [0.15, 0.2) is 60.8 Å². The summed E-state index contributed by atoms with van der Waals surface area (Å²) in [4.78, 5) is 17.2. The largest absolute Gasteiger partial charge is 0.417 e. The maximum absolute atomic E-state index is 13.3. The minimum atomic E-state index is -4.71. The molecule has 2 heterocycles. The third kappa shape index (κ3) is 3.71. The summed E-state index contributed by atoms with van der Waals surface area (Å²) in [7, 11) is 0. The number of amides is 1. The molecule has 0 saturated carbocycles. The molecule has 31 heavy (non-hydrogen) atoms. The van der Waals surface area contributed by atoms with Gasteiger partial charge in [-0.3, -0.25) is 4.79 Å². The fourth-order valence-electron chi connectivity index (χ4n) is 3.27. The van der Waals surface area contributed by atoms with Gasteiger partial charge in [0.25, 0.3) is 5.91 Å². The molecular weight excluding hydrogens is 407 g/mol. The second kappa shape index (κ2) is 7.57. The standard InChI is InChI=1S/C22H14F3N5O/c1-13-10-19(28-18-9-5-3-6-15(13)18)30-20(14(11-26)12-27-30)29-21(31)16-7-2-4-8-17(16)22(23,24)25/h2-10,12H,1H3,(H,29,31). The van der Waals surface area contributed by atoms with Crippen LogP contribution in [0.2, 0.25) is 0 Å². The number of nitrogens with zero attached hydrogens (tertiary/aromatic N) is 4. The Labute approximate surface area is 174 Å². The van der Waals surface area contributed by atoms with E-state index < -0.39 is 23.2 Å². The minimum absolute atomic E-state index is 0.00884. The van der Waals surface area contributed by atoms with E-state index in [1.165, 1.54) is 23.0 Å². The lowest BCUT2D eigenvalue weighted by atomic mass is 10.1. The Morgan fingerprint density at radius 2 is 1.84 bits per heavy atom. The molecule has 1 N–H and O–H groups in total. The van der Waals surface area contributed by atoms with Gasteiger partial charge in [-0.05, 0) is 36.8 Å². The molecule has 0 saturated heterocycles. The van der Waals surface area contributed by atoms with Gasteiger partial charge in [0.15, 0.2) is 11.6 Å². The lowest BCUT2D eigenvalue weighted by Gasteiger charge is -2.14. The van der Waals surface area contributed by atoms with Crippen LogP contribution in [0.1, 0.15) is 27.0 Å². The number of aryl methyl sites for hydroxylation is 1. The Balaban J connectivity index is 1.79. The maximum Gasteiger partial charge on any atom is 0.417 e. The number of aromatic nitrogens is 3. The quantitative estimate of drug-likeness (QED) is 0.512. The molecule has 0 bridgehead atoms. The summed E-state index contributed by atoms with van der Waals surface area (Å²) in [6, 6.07) is 15.4. The lowest BCUT2D eigenvalue weighted by Crippen LogP contribution is -2.20. The average molecular weight is 421 g/mol. The number of nitriles is 1. The molecule has 2 aromatic carbocycles. The van der Waals surface area contributed by atoms with E-state index in [-0.39, 0.29) is 11.4 Å². The normalized spacial score (nSPS) is 11.3. The van der Waals surface area contributed by atoms with Crippen LogP contribution >= 0.6 is 0 Å². The summed E-state index contributed by atoms with van der Waals surface area (Å²) in [5, 5.41) is 16.9. The number of pyridine rings is 1. The molecular formula is C22H14F3N5O. The van der Waals surface area contributed by atoms with E-state index in [0.717, 1.165) is 23.1 Å². The zero-order valence-corrected chi connectivity index (χ0v) is 16.1.